The van der Waals surface area contributed by atoms with Gasteiger partial charge < -0.3 is 10.6 Å². The van der Waals surface area contributed by atoms with E-state index in [0.29, 0.717) is 15.7 Å². The standard InChI is InChI=1S/C19H21ClF3N3O.C3H7N/c1-10(2)14-7-4-12(20)8-11(14)9-26(13-5-6-13)19(27)15-16(17(21)22)24-25(3)18(15)23;4-3-1-2-3/h4,7-8,10,13,17H,5-6,9H2,1-3H3;3H,1-2,4H2. The number of hydrogen-bond acceptors (Lipinski definition) is 3. The number of rotatable bonds is 6. The number of benzene rings is 1. The summed E-state index contributed by atoms with van der Waals surface area (Å²) in [7, 11) is 1.20. The van der Waals surface area contributed by atoms with Gasteiger partial charge in [-0.1, -0.05) is 31.5 Å². The van der Waals surface area contributed by atoms with Crippen molar-refractivity contribution >= 4 is 17.5 Å². The topological polar surface area (TPSA) is 64.2 Å². The lowest BCUT2D eigenvalue weighted by Gasteiger charge is -2.25. The van der Waals surface area contributed by atoms with Gasteiger partial charge in [-0.05, 0) is 54.9 Å². The van der Waals surface area contributed by atoms with Gasteiger partial charge in [0.1, 0.15) is 11.3 Å². The molecule has 2 N–H and O–H groups in total. The third kappa shape index (κ3) is 5.80. The largest absolute Gasteiger partial charge is 0.331 e. The maximum Gasteiger partial charge on any atom is 0.283 e. The zero-order valence-electron chi connectivity index (χ0n) is 17.9. The minimum atomic E-state index is -3.03. The van der Waals surface area contributed by atoms with Crippen molar-refractivity contribution in [3.63, 3.8) is 0 Å². The molecule has 5 nitrogen and oxygen atoms in total. The molecule has 2 aromatic rings. The molecule has 2 saturated carbocycles. The molecule has 1 amide bonds. The minimum Gasteiger partial charge on any atom is -0.331 e. The molecule has 1 aromatic carbocycles. The van der Waals surface area contributed by atoms with Crippen LogP contribution in [-0.4, -0.2) is 32.7 Å². The van der Waals surface area contributed by atoms with E-state index in [0.717, 1.165) is 24.0 Å². The van der Waals surface area contributed by atoms with Gasteiger partial charge in [0.25, 0.3) is 12.3 Å². The summed E-state index contributed by atoms with van der Waals surface area (Å²) in [5.74, 6) is -1.61. The fourth-order valence-corrected chi connectivity index (χ4v) is 3.52. The molecular formula is C22H28ClF3N4O. The van der Waals surface area contributed by atoms with Gasteiger partial charge in [0, 0.05) is 30.7 Å². The highest BCUT2D eigenvalue weighted by Crippen LogP contribution is 2.34. The molecule has 0 aliphatic heterocycles. The van der Waals surface area contributed by atoms with E-state index in [-0.39, 0.29) is 18.5 Å². The first-order chi connectivity index (χ1) is 14.6. The van der Waals surface area contributed by atoms with Crippen molar-refractivity contribution in [1.82, 2.24) is 14.7 Å². The fraction of sp³-hybridized carbons (Fsp3) is 0.545. The van der Waals surface area contributed by atoms with E-state index in [1.807, 2.05) is 19.9 Å². The molecule has 2 aliphatic carbocycles. The van der Waals surface area contributed by atoms with Crippen LogP contribution in [0, 0.1) is 5.95 Å². The van der Waals surface area contributed by atoms with E-state index in [1.165, 1.54) is 24.8 Å². The maximum absolute atomic E-state index is 14.4. The number of halogens is 4. The first kappa shape index (κ1) is 23.6. The highest BCUT2D eigenvalue weighted by molar-refractivity contribution is 6.30. The molecule has 0 atom stereocenters. The summed E-state index contributed by atoms with van der Waals surface area (Å²) in [5, 5.41) is 4.01. The lowest BCUT2D eigenvalue weighted by Crippen LogP contribution is -2.34. The number of carbonyl (C=O) groups is 1. The molecule has 1 aromatic heterocycles. The molecule has 1 heterocycles. The molecule has 4 rings (SSSR count). The summed E-state index contributed by atoms with van der Waals surface area (Å²) >= 11 is 6.12. The Morgan fingerprint density at radius 3 is 2.39 bits per heavy atom. The molecule has 0 spiro atoms. The number of nitrogens with two attached hydrogens (primary N) is 1. The van der Waals surface area contributed by atoms with Crippen molar-refractivity contribution in [3.05, 3.63) is 51.6 Å². The lowest BCUT2D eigenvalue weighted by atomic mass is 9.96. The maximum atomic E-state index is 14.4. The first-order valence-electron chi connectivity index (χ1n) is 10.5. The SMILES string of the molecule is CC(C)c1ccc(Cl)cc1CN(C(=O)c1c(C(F)F)nn(C)c1F)C1CC1.NC1CC1. The van der Waals surface area contributed by atoms with Crippen LogP contribution >= 0.6 is 11.6 Å². The van der Waals surface area contributed by atoms with E-state index in [9.17, 15) is 18.0 Å². The molecule has 9 heteroatoms. The Morgan fingerprint density at radius 1 is 1.29 bits per heavy atom. The highest BCUT2D eigenvalue weighted by Gasteiger charge is 2.38. The second kappa shape index (κ2) is 9.61. The third-order valence-electron chi connectivity index (χ3n) is 5.36. The predicted octanol–water partition coefficient (Wildman–Crippen LogP) is 5.19. The zero-order chi connectivity index (χ0) is 22.9. The number of amides is 1. The summed E-state index contributed by atoms with van der Waals surface area (Å²) in [5.41, 5.74) is 5.60. The van der Waals surface area contributed by atoms with Crippen LogP contribution in [0.1, 0.15) is 79.1 Å². The Labute approximate surface area is 185 Å². The summed E-state index contributed by atoms with van der Waals surface area (Å²) < 4.78 is 41.6. The van der Waals surface area contributed by atoms with E-state index in [4.69, 9.17) is 17.3 Å². The Kier molecular flexibility index (Phi) is 7.31. The van der Waals surface area contributed by atoms with Crippen LogP contribution in [0.5, 0.6) is 0 Å². The lowest BCUT2D eigenvalue weighted by molar-refractivity contribution is 0.0711. The van der Waals surface area contributed by atoms with Gasteiger partial charge in [-0.25, -0.2) is 13.5 Å². The molecule has 170 valence electrons. The van der Waals surface area contributed by atoms with Gasteiger partial charge >= 0.3 is 0 Å². The second-order valence-electron chi connectivity index (χ2n) is 8.47. The molecule has 31 heavy (non-hydrogen) atoms. The third-order valence-corrected chi connectivity index (χ3v) is 5.60. The number of hydrogen-bond donors (Lipinski definition) is 1. The molecule has 2 aliphatic rings. The first-order valence-corrected chi connectivity index (χ1v) is 10.8. The molecule has 0 radical (unpaired) electrons. The van der Waals surface area contributed by atoms with Crippen molar-refractivity contribution in [2.45, 2.75) is 70.5 Å². The molecular weight excluding hydrogens is 429 g/mol. The van der Waals surface area contributed by atoms with Crippen LogP contribution in [0.25, 0.3) is 0 Å². The van der Waals surface area contributed by atoms with Gasteiger partial charge in [-0.2, -0.15) is 9.49 Å². The summed E-state index contributed by atoms with van der Waals surface area (Å²) in [6.07, 6.45) is 1.02. The summed E-state index contributed by atoms with van der Waals surface area (Å²) in [6.45, 7) is 4.23. The number of alkyl halides is 2. The molecule has 2 fully saturated rings. The van der Waals surface area contributed by atoms with E-state index >= 15 is 0 Å². The van der Waals surface area contributed by atoms with E-state index in [2.05, 4.69) is 5.10 Å². The Hall–Kier alpha value is -2.06. The smallest absolute Gasteiger partial charge is 0.283 e. The van der Waals surface area contributed by atoms with E-state index in [1.54, 1.807) is 12.1 Å². The Bertz CT molecular complexity index is 939. The van der Waals surface area contributed by atoms with Crippen molar-refractivity contribution < 1.29 is 18.0 Å². The van der Waals surface area contributed by atoms with Crippen LogP contribution in [-0.2, 0) is 13.6 Å². The van der Waals surface area contributed by atoms with Crippen molar-refractivity contribution in [1.29, 1.82) is 0 Å². The van der Waals surface area contributed by atoms with Crippen molar-refractivity contribution in [2.24, 2.45) is 12.8 Å². The van der Waals surface area contributed by atoms with Crippen LogP contribution < -0.4 is 5.73 Å². The highest BCUT2D eigenvalue weighted by atomic mass is 35.5. The zero-order valence-corrected chi connectivity index (χ0v) is 18.7. The minimum absolute atomic E-state index is 0.0957. The normalized spacial score (nSPS) is 15.8. The number of nitrogens with zero attached hydrogens (tertiary/aromatic N) is 3. The summed E-state index contributed by atoms with van der Waals surface area (Å²) in [6, 6.07) is 5.93. The van der Waals surface area contributed by atoms with Gasteiger partial charge in [-0.15, -0.1) is 0 Å². The summed E-state index contributed by atoms with van der Waals surface area (Å²) in [4.78, 5) is 14.5. The number of carbonyl (C=O) groups excluding carboxylic acids is 1. The average molecular weight is 457 g/mol. The van der Waals surface area contributed by atoms with Crippen LogP contribution in [0.2, 0.25) is 5.02 Å². The molecule has 0 unspecified atom stereocenters. The average Bonchev–Trinajstić information content (AvgIpc) is 3.62. The van der Waals surface area contributed by atoms with Gasteiger partial charge in [0.15, 0.2) is 0 Å². The van der Waals surface area contributed by atoms with Crippen molar-refractivity contribution in [3.8, 4) is 0 Å². The number of aromatic nitrogens is 2. The quantitative estimate of drug-likeness (QED) is 0.650. The second-order valence-corrected chi connectivity index (χ2v) is 8.91. The Morgan fingerprint density at radius 2 is 1.90 bits per heavy atom. The fourth-order valence-electron chi connectivity index (χ4n) is 3.32. The van der Waals surface area contributed by atoms with Gasteiger partial charge in [0.2, 0.25) is 5.95 Å². The van der Waals surface area contributed by atoms with Gasteiger partial charge in [0.05, 0.1) is 0 Å². The van der Waals surface area contributed by atoms with E-state index < -0.39 is 29.5 Å². The number of aryl methyl sites for hydroxylation is 1. The monoisotopic (exact) mass is 456 g/mol. The molecule has 0 bridgehead atoms. The van der Waals surface area contributed by atoms with Crippen molar-refractivity contribution in [2.75, 3.05) is 0 Å². The van der Waals surface area contributed by atoms with Crippen LogP contribution in [0.15, 0.2) is 18.2 Å². The predicted molar refractivity (Wildman–Crippen MR) is 114 cm³/mol. The van der Waals surface area contributed by atoms with Gasteiger partial charge in [-0.3, -0.25) is 4.79 Å². The molecule has 0 saturated heterocycles. The van der Waals surface area contributed by atoms with Crippen LogP contribution in [0.3, 0.4) is 0 Å². The Balaban J connectivity index is 0.000000610. The van der Waals surface area contributed by atoms with Crippen LogP contribution in [0.4, 0.5) is 13.2 Å².